The van der Waals surface area contributed by atoms with Gasteiger partial charge in [-0.1, -0.05) is 19.9 Å². The van der Waals surface area contributed by atoms with Gasteiger partial charge in [0.25, 0.3) is 0 Å². The molecular formula is C16H24FNO3. The molecule has 118 valence electrons. The van der Waals surface area contributed by atoms with E-state index in [1.165, 1.54) is 19.2 Å². The minimum Gasteiger partial charge on any atom is -0.465 e. The molecular weight excluding hydrogens is 273 g/mol. The first-order valence-electron chi connectivity index (χ1n) is 7.05. The van der Waals surface area contributed by atoms with E-state index < -0.39 is 17.4 Å². The molecule has 4 nitrogen and oxygen atoms in total. The summed E-state index contributed by atoms with van der Waals surface area (Å²) >= 11 is 0. The van der Waals surface area contributed by atoms with E-state index in [2.05, 4.69) is 23.9 Å². The second-order valence-electron chi connectivity index (χ2n) is 6.00. The van der Waals surface area contributed by atoms with Crippen LogP contribution in [0.15, 0.2) is 18.2 Å². The van der Waals surface area contributed by atoms with Crippen LogP contribution in [0.4, 0.5) is 4.39 Å². The van der Waals surface area contributed by atoms with E-state index in [9.17, 15) is 14.3 Å². The number of esters is 1. The van der Waals surface area contributed by atoms with Crippen LogP contribution < -0.4 is 5.32 Å². The first-order chi connectivity index (χ1) is 9.75. The van der Waals surface area contributed by atoms with Gasteiger partial charge in [-0.2, -0.15) is 0 Å². The van der Waals surface area contributed by atoms with Crippen LogP contribution in [-0.2, 0) is 11.3 Å². The van der Waals surface area contributed by atoms with Crippen LogP contribution in [0.25, 0.3) is 0 Å². The summed E-state index contributed by atoms with van der Waals surface area (Å²) < 4.78 is 18.2. The number of aliphatic hydroxyl groups is 1. The number of halogens is 1. The maximum Gasteiger partial charge on any atom is 0.340 e. The van der Waals surface area contributed by atoms with E-state index in [0.717, 1.165) is 0 Å². The molecule has 0 aliphatic rings. The second kappa shape index (κ2) is 7.52. The Labute approximate surface area is 125 Å². The highest BCUT2D eigenvalue weighted by atomic mass is 19.1. The summed E-state index contributed by atoms with van der Waals surface area (Å²) in [5, 5.41) is 13.3. The van der Waals surface area contributed by atoms with Gasteiger partial charge in [-0.15, -0.1) is 0 Å². The summed E-state index contributed by atoms with van der Waals surface area (Å²) in [5.74, 6) is -0.888. The van der Waals surface area contributed by atoms with Gasteiger partial charge in [-0.3, -0.25) is 0 Å². The SMILES string of the molecule is COC(=O)c1ccc(CNCC(C)(O)CC(C)C)cc1F. The van der Waals surface area contributed by atoms with Crippen molar-refractivity contribution in [3.63, 3.8) is 0 Å². The Balaban J connectivity index is 2.57. The Morgan fingerprint density at radius 2 is 2.14 bits per heavy atom. The summed E-state index contributed by atoms with van der Waals surface area (Å²) in [4.78, 5) is 11.3. The Morgan fingerprint density at radius 1 is 1.48 bits per heavy atom. The average Bonchev–Trinajstić information content (AvgIpc) is 2.36. The third-order valence-electron chi connectivity index (χ3n) is 3.12. The van der Waals surface area contributed by atoms with Crippen molar-refractivity contribution in [2.24, 2.45) is 5.92 Å². The number of carbonyl (C=O) groups excluding carboxylic acids is 1. The van der Waals surface area contributed by atoms with Crippen LogP contribution in [0.2, 0.25) is 0 Å². The summed E-state index contributed by atoms with van der Waals surface area (Å²) in [5.41, 5.74) is -0.160. The zero-order valence-electron chi connectivity index (χ0n) is 13.1. The van der Waals surface area contributed by atoms with Crippen molar-refractivity contribution in [3.05, 3.63) is 35.1 Å². The summed E-state index contributed by atoms with van der Waals surface area (Å²) in [7, 11) is 1.22. The van der Waals surface area contributed by atoms with Gasteiger partial charge in [0.05, 0.1) is 18.3 Å². The molecule has 0 aliphatic carbocycles. The molecule has 1 rings (SSSR count). The number of ether oxygens (including phenoxy) is 1. The summed E-state index contributed by atoms with van der Waals surface area (Å²) in [6.45, 7) is 6.73. The molecule has 1 unspecified atom stereocenters. The molecule has 0 heterocycles. The van der Waals surface area contributed by atoms with Crippen LogP contribution in [0.3, 0.4) is 0 Å². The van der Waals surface area contributed by atoms with Crippen molar-refractivity contribution < 1.29 is 19.0 Å². The normalized spacial score (nSPS) is 14.0. The van der Waals surface area contributed by atoms with Gasteiger partial charge in [0, 0.05) is 13.1 Å². The Kier molecular flexibility index (Phi) is 6.30. The van der Waals surface area contributed by atoms with Gasteiger partial charge in [-0.25, -0.2) is 9.18 Å². The molecule has 1 aromatic rings. The molecule has 1 aromatic carbocycles. The molecule has 0 aromatic heterocycles. The first kappa shape index (κ1) is 17.6. The molecule has 0 aliphatic heterocycles. The fourth-order valence-corrected chi connectivity index (χ4v) is 2.37. The lowest BCUT2D eigenvalue weighted by atomic mass is 9.94. The van der Waals surface area contributed by atoms with Crippen molar-refractivity contribution >= 4 is 5.97 Å². The molecule has 0 bridgehead atoms. The molecule has 21 heavy (non-hydrogen) atoms. The first-order valence-corrected chi connectivity index (χ1v) is 7.05. The van der Waals surface area contributed by atoms with Gasteiger partial charge in [0.2, 0.25) is 0 Å². The lowest BCUT2D eigenvalue weighted by Crippen LogP contribution is -2.38. The summed E-state index contributed by atoms with van der Waals surface area (Å²) in [6, 6.07) is 4.38. The lowest BCUT2D eigenvalue weighted by molar-refractivity contribution is 0.0383. The topological polar surface area (TPSA) is 58.6 Å². The van der Waals surface area contributed by atoms with Crippen LogP contribution >= 0.6 is 0 Å². The molecule has 1 atom stereocenters. The number of methoxy groups -OCH3 is 1. The van der Waals surface area contributed by atoms with Gasteiger partial charge < -0.3 is 15.2 Å². The number of rotatable bonds is 7. The minimum absolute atomic E-state index is 0.0759. The van der Waals surface area contributed by atoms with Crippen molar-refractivity contribution in [1.29, 1.82) is 0 Å². The van der Waals surface area contributed by atoms with E-state index in [1.807, 2.05) is 0 Å². The third-order valence-corrected chi connectivity index (χ3v) is 3.12. The van der Waals surface area contributed by atoms with Crippen molar-refractivity contribution in [3.8, 4) is 0 Å². The van der Waals surface area contributed by atoms with Crippen LogP contribution in [0.1, 0.15) is 43.1 Å². The second-order valence-corrected chi connectivity index (χ2v) is 6.00. The van der Waals surface area contributed by atoms with Crippen molar-refractivity contribution in [2.75, 3.05) is 13.7 Å². The molecule has 2 N–H and O–H groups in total. The molecule has 0 radical (unpaired) electrons. The molecule has 0 amide bonds. The monoisotopic (exact) mass is 297 g/mol. The fourth-order valence-electron chi connectivity index (χ4n) is 2.37. The quantitative estimate of drug-likeness (QED) is 0.759. The Bertz CT molecular complexity index is 486. The number of nitrogens with one attached hydrogen (secondary N) is 1. The number of hydrogen-bond acceptors (Lipinski definition) is 4. The third kappa shape index (κ3) is 5.81. The minimum atomic E-state index is -0.793. The Morgan fingerprint density at radius 3 is 2.67 bits per heavy atom. The molecule has 0 saturated heterocycles. The van der Waals surface area contributed by atoms with E-state index >= 15 is 0 Å². The van der Waals surface area contributed by atoms with E-state index in [4.69, 9.17) is 0 Å². The smallest absolute Gasteiger partial charge is 0.340 e. The van der Waals surface area contributed by atoms with Crippen LogP contribution in [0, 0.1) is 11.7 Å². The van der Waals surface area contributed by atoms with Crippen LogP contribution in [0.5, 0.6) is 0 Å². The van der Waals surface area contributed by atoms with Gasteiger partial charge in [0.1, 0.15) is 5.82 Å². The number of hydrogen-bond donors (Lipinski definition) is 2. The molecule has 5 heteroatoms. The van der Waals surface area contributed by atoms with Crippen LogP contribution in [-0.4, -0.2) is 30.3 Å². The predicted molar refractivity (Wildman–Crippen MR) is 79.5 cm³/mol. The van der Waals surface area contributed by atoms with Crippen molar-refractivity contribution in [1.82, 2.24) is 5.32 Å². The predicted octanol–water partition coefficient (Wildman–Crippen LogP) is 2.50. The maximum absolute atomic E-state index is 13.7. The van der Waals surface area contributed by atoms with Gasteiger partial charge >= 0.3 is 5.97 Å². The van der Waals surface area contributed by atoms with Gasteiger partial charge in [-0.05, 0) is 37.0 Å². The van der Waals surface area contributed by atoms with E-state index in [1.54, 1.807) is 13.0 Å². The van der Waals surface area contributed by atoms with E-state index in [-0.39, 0.29) is 5.56 Å². The average molecular weight is 297 g/mol. The standard InChI is InChI=1S/C16H24FNO3/c1-11(2)8-16(3,20)10-18-9-12-5-6-13(14(17)7-12)15(19)21-4/h5-7,11,18,20H,8-10H2,1-4H3. The zero-order chi connectivity index (χ0) is 16.0. The maximum atomic E-state index is 13.7. The lowest BCUT2D eigenvalue weighted by Gasteiger charge is -2.25. The van der Waals surface area contributed by atoms with Gasteiger partial charge in [0.15, 0.2) is 0 Å². The van der Waals surface area contributed by atoms with E-state index in [0.29, 0.717) is 31.0 Å². The fraction of sp³-hybridized carbons (Fsp3) is 0.562. The zero-order valence-corrected chi connectivity index (χ0v) is 13.1. The Hall–Kier alpha value is -1.46. The highest BCUT2D eigenvalue weighted by molar-refractivity contribution is 5.89. The molecule has 0 spiro atoms. The highest BCUT2D eigenvalue weighted by Gasteiger charge is 2.21. The largest absolute Gasteiger partial charge is 0.465 e. The number of carbonyl (C=O) groups is 1. The number of benzene rings is 1. The highest BCUT2D eigenvalue weighted by Crippen LogP contribution is 2.16. The summed E-state index contributed by atoms with van der Waals surface area (Å²) in [6.07, 6.45) is 0.690. The van der Waals surface area contributed by atoms with Crippen molar-refractivity contribution in [2.45, 2.75) is 39.3 Å². The molecule has 0 saturated carbocycles. The molecule has 0 fully saturated rings.